The Bertz CT molecular complexity index is 938. The average molecular weight is 423 g/mol. The van der Waals surface area contributed by atoms with Crippen LogP contribution in [-0.2, 0) is 9.53 Å². The van der Waals surface area contributed by atoms with Gasteiger partial charge in [-0.25, -0.2) is 4.79 Å². The first-order valence-corrected chi connectivity index (χ1v) is 9.31. The summed E-state index contributed by atoms with van der Waals surface area (Å²) in [5, 5.41) is 3.21. The van der Waals surface area contributed by atoms with Crippen LogP contribution in [0.2, 0.25) is 5.02 Å². The maximum Gasteiger partial charge on any atom is 0.339 e. The number of rotatable bonds is 8. The number of ether oxygens (including phenoxy) is 2. The van der Waals surface area contributed by atoms with E-state index >= 15 is 0 Å². The van der Waals surface area contributed by atoms with Crippen molar-refractivity contribution in [3.8, 4) is 5.75 Å². The Hall–Kier alpha value is -2.84. The number of hydrogen-bond donors (Lipinski definition) is 3. The first-order valence-electron chi connectivity index (χ1n) is 8.93. The quantitative estimate of drug-likeness (QED) is 0.441. The number of quaternary nitrogens is 1. The smallest absolute Gasteiger partial charge is 0.339 e. The number of carbonyl (C=O) groups is 3. The Balaban J connectivity index is 2.03. The lowest BCUT2D eigenvalue weighted by Crippen LogP contribution is -3.11. The van der Waals surface area contributed by atoms with Gasteiger partial charge in [-0.2, -0.15) is 0 Å². The van der Waals surface area contributed by atoms with E-state index in [1.807, 2.05) is 0 Å². The van der Waals surface area contributed by atoms with Gasteiger partial charge >= 0.3 is 5.97 Å². The molecule has 1 aromatic heterocycles. The minimum Gasteiger partial charge on any atom is -0.495 e. The van der Waals surface area contributed by atoms with E-state index in [0.717, 1.165) is 0 Å². The first-order chi connectivity index (χ1) is 13.7. The molecule has 0 saturated carbocycles. The van der Waals surface area contributed by atoms with Gasteiger partial charge in [0.25, 0.3) is 5.91 Å². The molecular weight excluding hydrogens is 398 g/mol. The number of carbonyl (C=O) groups excluding carboxylic acids is 3. The minimum atomic E-state index is -0.495. The number of halogens is 1. The summed E-state index contributed by atoms with van der Waals surface area (Å²) in [5.41, 5.74) is 2.28. The Labute approximate surface area is 174 Å². The highest BCUT2D eigenvalue weighted by atomic mass is 35.5. The van der Waals surface area contributed by atoms with Crippen LogP contribution in [0.5, 0.6) is 5.75 Å². The molecule has 1 unspecified atom stereocenters. The molecule has 2 rings (SSSR count). The number of Topliss-reactive ketones (excluding diaryl/α,β-unsaturated/α-hetero) is 1. The normalized spacial score (nSPS) is 11.7. The predicted octanol–water partition coefficient (Wildman–Crippen LogP) is 1.42. The van der Waals surface area contributed by atoms with Crippen LogP contribution >= 0.6 is 11.6 Å². The van der Waals surface area contributed by atoms with Crippen molar-refractivity contribution in [3.05, 3.63) is 45.7 Å². The van der Waals surface area contributed by atoms with Crippen molar-refractivity contribution >= 4 is 34.9 Å². The summed E-state index contributed by atoms with van der Waals surface area (Å²) < 4.78 is 9.97. The molecule has 2 aromatic rings. The number of amides is 1. The van der Waals surface area contributed by atoms with E-state index in [4.69, 9.17) is 21.1 Å². The maximum atomic E-state index is 12.7. The molecule has 156 valence electrons. The number of nitrogens with one attached hydrogen (secondary N) is 3. The molecule has 1 aromatic carbocycles. The van der Waals surface area contributed by atoms with Gasteiger partial charge in [0, 0.05) is 10.7 Å². The van der Waals surface area contributed by atoms with E-state index in [0.29, 0.717) is 43.9 Å². The van der Waals surface area contributed by atoms with Crippen LogP contribution in [0.4, 0.5) is 5.69 Å². The van der Waals surface area contributed by atoms with Crippen molar-refractivity contribution in [1.29, 1.82) is 0 Å². The van der Waals surface area contributed by atoms with Crippen molar-refractivity contribution in [1.82, 2.24) is 4.98 Å². The van der Waals surface area contributed by atoms with Crippen LogP contribution in [0.3, 0.4) is 0 Å². The molecule has 0 aliphatic carbocycles. The van der Waals surface area contributed by atoms with Crippen molar-refractivity contribution in [2.24, 2.45) is 0 Å². The van der Waals surface area contributed by atoms with Crippen molar-refractivity contribution in [2.75, 3.05) is 39.7 Å². The number of likely N-dealkylation sites (N-methyl/N-ethyl adjacent to an activating group) is 1. The third-order valence-corrected chi connectivity index (χ3v) is 4.70. The highest BCUT2D eigenvalue weighted by Crippen LogP contribution is 2.27. The number of aromatic nitrogens is 1. The number of anilines is 1. The monoisotopic (exact) mass is 422 g/mol. The van der Waals surface area contributed by atoms with E-state index in [-0.39, 0.29) is 24.8 Å². The number of benzene rings is 1. The number of aromatic amines is 1. The van der Waals surface area contributed by atoms with Gasteiger partial charge in [-0.1, -0.05) is 11.6 Å². The standard InChI is InChI=1S/C20H24ClN3O5/c1-11-18(20(27)29-5)12(2)22-19(11)15(25)9-24(3)10-17(26)23-14-8-13(21)6-7-16(14)28-4/h6-8,22H,9-10H2,1-5H3,(H,23,26)/p+1. The van der Waals surface area contributed by atoms with Crippen molar-refractivity contribution < 1.29 is 28.8 Å². The van der Waals surface area contributed by atoms with Crippen LogP contribution in [0, 0.1) is 13.8 Å². The molecule has 3 N–H and O–H groups in total. The molecule has 29 heavy (non-hydrogen) atoms. The topological polar surface area (TPSA) is 102 Å². The minimum absolute atomic E-state index is 0.0595. The molecule has 1 amide bonds. The summed E-state index contributed by atoms with van der Waals surface area (Å²) in [6.07, 6.45) is 0. The Kier molecular flexibility index (Phi) is 7.41. The third kappa shape index (κ3) is 5.36. The molecule has 0 saturated heterocycles. The van der Waals surface area contributed by atoms with Gasteiger partial charge in [0.05, 0.1) is 38.2 Å². The molecule has 0 aliphatic heterocycles. The third-order valence-electron chi connectivity index (χ3n) is 4.47. The lowest BCUT2D eigenvalue weighted by molar-refractivity contribution is -0.861. The molecular formula is C20H25ClN3O5+. The molecule has 0 spiro atoms. The summed E-state index contributed by atoms with van der Waals surface area (Å²) in [4.78, 5) is 40.5. The number of hydrogen-bond acceptors (Lipinski definition) is 5. The van der Waals surface area contributed by atoms with Gasteiger partial charge in [0.2, 0.25) is 5.78 Å². The van der Waals surface area contributed by atoms with Crippen molar-refractivity contribution in [2.45, 2.75) is 13.8 Å². The first kappa shape index (κ1) is 22.4. The van der Waals surface area contributed by atoms with E-state index < -0.39 is 5.97 Å². The zero-order valence-electron chi connectivity index (χ0n) is 17.1. The lowest BCUT2D eigenvalue weighted by atomic mass is 10.1. The summed E-state index contributed by atoms with van der Waals surface area (Å²) in [6.45, 7) is 3.53. The highest BCUT2D eigenvalue weighted by molar-refractivity contribution is 6.31. The van der Waals surface area contributed by atoms with Gasteiger partial charge in [-0.15, -0.1) is 0 Å². The van der Waals surface area contributed by atoms with Crippen molar-refractivity contribution in [3.63, 3.8) is 0 Å². The van der Waals surface area contributed by atoms with Crippen LogP contribution in [0.25, 0.3) is 0 Å². The Morgan fingerprint density at radius 1 is 1.17 bits per heavy atom. The molecule has 0 aliphatic rings. The fourth-order valence-electron chi connectivity index (χ4n) is 3.11. The van der Waals surface area contributed by atoms with Gasteiger partial charge in [0.1, 0.15) is 12.3 Å². The van der Waals surface area contributed by atoms with Crippen LogP contribution in [0.15, 0.2) is 18.2 Å². The summed E-state index contributed by atoms with van der Waals surface area (Å²) in [5.74, 6) is -0.493. The van der Waals surface area contributed by atoms with Gasteiger partial charge in [-0.05, 0) is 37.6 Å². The zero-order valence-corrected chi connectivity index (χ0v) is 17.8. The fourth-order valence-corrected chi connectivity index (χ4v) is 3.28. The van der Waals surface area contributed by atoms with E-state index in [1.165, 1.54) is 14.2 Å². The predicted molar refractivity (Wildman–Crippen MR) is 109 cm³/mol. The van der Waals surface area contributed by atoms with Gasteiger partial charge in [0.15, 0.2) is 6.54 Å². The maximum absolute atomic E-state index is 12.7. The number of ketones is 1. The molecule has 8 nitrogen and oxygen atoms in total. The van der Waals surface area contributed by atoms with Crippen LogP contribution < -0.4 is 15.0 Å². The summed E-state index contributed by atoms with van der Waals surface area (Å²) in [6, 6.07) is 4.92. The SMILES string of the molecule is COC(=O)c1c(C)[nH]c(C(=O)C[NH+](C)CC(=O)Nc2cc(Cl)ccc2OC)c1C. The Morgan fingerprint density at radius 3 is 2.48 bits per heavy atom. The number of esters is 1. The Morgan fingerprint density at radius 2 is 1.86 bits per heavy atom. The molecule has 9 heteroatoms. The largest absolute Gasteiger partial charge is 0.495 e. The van der Waals surface area contributed by atoms with Gasteiger partial charge in [-0.3, -0.25) is 9.59 Å². The second-order valence-electron chi connectivity index (χ2n) is 6.74. The molecule has 0 radical (unpaired) electrons. The fraction of sp³-hybridized carbons (Fsp3) is 0.350. The number of aryl methyl sites for hydroxylation is 1. The average Bonchev–Trinajstić information content (AvgIpc) is 2.95. The molecule has 0 fully saturated rings. The molecule has 1 heterocycles. The number of methoxy groups -OCH3 is 2. The lowest BCUT2D eigenvalue weighted by Gasteiger charge is -2.14. The molecule has 1 atom stereocenters. The number of H-pyrrole nitrogens is 1. The van der Waals surface area contributed by atoms with Gasteiger partial charge < -0.3 is 24.7 Å². The summed E-state index contributed by atoms with van der Waals surface area (Å²) >= 11 is 5.97. The molecule has 0 bridgehead atoms. The summed E-state index contributed by atoms with van der Waals surface area (Å²) in [7, 11) is 4.53. The van der Waals surface area contributed by atoms with Crippen LogP contribution in [0.1, 0.15) is 32.1 Å². The zero-order chi connectivity index (χ0) is 21.7. The highest BCUT2D eigenvalue weighted by Gasteiger charge is 2.25. The van der Waals surface area contributed by atoms with E-state index in [1.54, 1.807) is 39.1 Å². The second-order valence-corrected chi connectivity index (χ2v) is 7.18. The van der Waals surface area contributed by atoms with E-state index in [2.05, 4.69) is 10.3 Å². The second kappa shape index (κ2) is 9.58. The van der Waals surface area contributed by atoms with Crippen LogP contribution in [-0.4, -0.2) is 57.0 Å². The van der Waals surface area contributed by atoms with E-state index in [9.17, 15) is 14.4 Å².